The fourth-order valence-electron chi connectivity index (χ4n) is 3.59. The van der Waals surface area contributed by atoms with E-state index in [4.69, 9.17) is 5.26 Å². The van der Waals surface area contributed by atoms with E-state index in [0.717, 1.165) is 6.42 Å². The number of hydrogen-bond donors (Lipinski definition) is 1. The minimum atomic E-state index is -0.0792. The standard InChI is InChI=1S/C19H21N3O/c1-18(2)12-19(18,15-7-5-4-6-8-15)13-22(3)17(23)16-9-14(10-20)11-21-16/h4-9,11,21H,12-13H2,1-3H3. The molecule has 1 unspecified atom stereocenters. The summed E-state index contributed by atoms with van der Waals surface area (Å²) in [6.45, 7) is 5.17. The van der Waals surface area contributed by atoms with Crippen LogP contribution in [0.2, 0.25) is 0 Å². The fraction of sp³-hybridized carbons (Fsp3) is 0.368. The molecule has 118 valence electrons. The van der Waals surface area contributed by atoms with Gasteiger partial charge >= 0.3 is 0 Å². The van der Waals surface area contributed by atoms with Crippen LogP contribution >= 0.6 is 0 Å². The largest absolute Gasteiger partial charge is 0.356 e. The molecule has 0 bridgehead atoms. The van der Waals surface area contributed by atoms with Crippen molar-refractivity contribution in [1.29, 1.82) is 5.26 Å². The predicted molar refractivity (Wildman–Crippen MR) is 89.0 cm³/mol. The maximum atomic E-state index is 12.6. The van der Waals surface area contributed by atoms with Crippen molar-refractivity contribution in [3.05, 3.63) is 59.4 Å². The lowest BCUT2D eigenvalue weighted by Gasteiger charge is -2.27. The van der Waals surface area contributed by atoms with Crippen LogP contribution in [-0.4, -0.2) is 29.4 Å². The van der Waals surface area contributed by atoms with E-state index in [9.17, 15) is 4.79 Å². The first kappa shape index (κ1) is 15.4. The van der Waals surface area contributed by atoms with Crippen molar-refractivity contribution in [3.63, 3.8) is 0 Å². The summed E-state index contributed by atoms with van der Waals surface area (Å²) in [5.74, 6) is -0.0792. The summed E-state index contributed by atoms with van der Waals surface area (Å²) < 4.78 is 0. The molecule has 4 heteroatoms. The third-order valence-electron chi connectivity index (χ3n) is 5.14. The number of nitrogens with one attached hydrogen (secondary N) is 1. The highest BCUT2D eigenvalue weighted by atomic mass is 16.2. The average molecular weight is 307 g/mol. The van der Waals surface area contributed by atoms with E-state index in [1.165, 1.54) is 5.56 Å². The Morgan fingerprint density at radius 1 is 1.35 bits per heavy atom. The van der Waals surface area contributed by atoms with Gasteiger partial charge in [-0.3, -0.25) is 4.79 Å². The van der Waals surface area contributed by atoms with E-state index < -0.39 is 0 Å². The molecule has 0 aliphatic heterocycles. The molecule has 1 saturated carbocycles. The van der Waals surface area contributed by atoms with E-state index in [1.807, 2.05) is 19.2 Å². The Kier molecular flexibility index (Phi) is 3.52. The molecule has 1 aliphatic carbocycles. The van der Waals surface area contributed by atoms with Crippen molar-refractivity contribution in [2.24, 2.45) is 5.41 Å². The number of benzene rings is 1. The third-order valence-corrected chi connectivity index (χ3v) is 5.14. The zero-order valence-electron chi connectivity index (χ0n) is 13.8. The minimum Gasteiger partial charge on any atom is -0.356 e. The molecule has 2 aromatic rings. The lowest BCUT2D eigenvalue weighted by Crippen LogP contribution is -2.36. The van der Waals surface area contributed by atoms with Crippen molar-refractivity contribution in [1.82, 2.24) is 9.88 Å². The highest BCUT2D eigenvalue weighted by molar-refractivity contribution is 5.92. The van der Waals surface area contributed by atoms with Crippen molar-refractivity contribution >= 4 is 5.91 Å². The summed E-state index contributed by atoms with van der Waals surface area (Å²) in [5.41, 5.74) is 2.41. The van der Waals surface area contributed by atoms with Gasteiger partial charge in [0.15, 0.2) is 0 Å². The monoisotopic (exact) mass is 307 g/mol. The topological polar surface area (TPSA) is 59.9 Å². The Labute approximate surface area is 136 Å². The molecule has 1 aromatic carbocycles. The second-order valence-electron chi connectivity index (χ2n) is 7.08. The van der Waals surface area contributed by atoms with Gasteiger partial charge in [0.25, 0.3) is 5.91 Å². The van der Waals surface area contributed by atoms with Gasteiger partial charge in [-0.2, -0.15) is 5.26 Å². The molecular weight excluding hydrogens is 286 g/mol. The summed E-state index contributed by atoms with van der Waals surface area (Å²) >= 11 is 0. The molecule has 1 heterocycles. The Balaban J connectivity index is 1.82. The van der Waals surface area contributed by atoms with Gasteiger partial charge < -0.3 is 9.88 Å². The lowest BCUT2D eigenvalue weighted by atomic mass is 9.87. The number of aromatic nitrogens is 1. The van der Waals surface area contributed by atoms with Crippen LogP contribution in [0.1, 0.15) is 41.9 Å². The number of aromatic amines is 1. The highest BCUT2D eigenvalue weighted by Crippen LogP contribution is 2.64. The molecule has 1 atom stereocenters. The summed E-state index contributed by atoms with van der Waals surface area (Å²) in [5, 5.41) is 8.89. The third kappa shape index (κ3) is 2.53. The Hall–Kier alpha value is -2.54. The molecule has 1 aliphatic rings. The molecule has 0 saturated heterocycles. The first-order valence-corrected chi connectivity index (χ1v) is 7.79. The molecular formula is C19H21N3O. The highest BCUT2D eigenvalue weighted by Gasteiger charge is 2.62. The first-order chi connectivity index (χ1) is 10.9. The zero-order valence-corrected chi connectivity index (χ0v) is 13.8. The average Bonchev–Trinajstić information content (AvgIpc) is 2.91. The second-order valence-corrected chi connectivity index (χ2v) is 7.08. The van der Waals surface area contributed by atoms with Crippen LogP contribution in [0.15, 0.2) is 42.6 Å². The number of nitriles is 1. The van der Waals surface area contributed by atoms with Crippen molar-refractivity contribution in [3.8, 4) is 6.07 Å². The number of carbonyl (C=O) groups is 1. The number of likely N-dealkylation sites (N-methyl/N-ethyl adjacent to an activating group) is 1. The summed E-state index contributed by atoms with van der Waals surface area (Å²) in [6, 6.07) is 14.1. The Bertz CT molecular complexity index is 769. The molecule has 3 rings (SSSR count). The fourth-order valence-corrected chi connectivity index (χ4v) is 3.59. The van der Waals surface area contributed by atoms with Gasteiger partial charge in [-0.15, -0.1) is 0 Å². The van der Waals surface area contributed by atoms with Crippen LogP contribution in [-0.2, 0) is 5.41 Å². The van der Waals surface area contributed by atoms with E-state index in [2.05, 4.69) is 43.1 Å². The number of rotatable bonds is 4. The normalized spacial score (nSPS) is 21.5. The quantitative estimate of drug-likeness (QED) is 0.942. The van der Waals surface area contributed by atoms with Gasteiger partial charge in [0.05, 0.1) is 5.56 Å². The van der Waals surface area contributed by atoms with Gasteiger partial charge in [-0.1, -0.05) is 44.2 Å². The molecule has 1 N–H and O–H groups in total. The molecule has 0 spiro atoms. The molecule has 1 aromatic heterocycles. The van der Waals surface area contributed by atoms with E-state index >= 15 is 0 Å². The van der Waals surface area contributed by atoms with Crippen LogP contribution in [0.25, 0.3) is 0 Å². The zero-order chi connectivity index (χ0) is 16.7. The number of hydrogen-bond acceptors (Lipinski definition) is 2. The summed E-state index contributed by atoms with van der Waals surface area (Å²) in [6.07, 6.45) is 2.63. The number of amides is 1. The second kappa shape index (κ2) is 5.27. The molecule has 1 fully saturated rings. The first-order valence-electron chi connectivity index (χ1n) is 7.79. The van der Waals surface area contributed by atoms with Gasteiger partial charge in [0.2, 0.25) is 0 Å². The van der Waals surface area contributed by atoms with Gasteiger partial charge in [0.1, 0.15) is 11.8 Å². The lowest BCUT2D eigenvalue weighted by molar-refractivity contribution is 0.0770. The number of carbonyl (C=O) groups excluding carboxylic acids is 1. The number of H-pyrrole nitrogens is 1. The van der Waals surface area contributed by atoms with Crippen LogP contribution in [0.4, 0.5) is 0 Å². The van der Waals surface area contributed by atoms with Crippen molar-refractivity contribution in [2.75, 3.05) is 13.6 Å². The minimum absolute atomic E-state index is 0.00330. The SMILES string of the molecule is CN(CC1(c2ccccc2)CC1(C)C)C(=O)c1cc(C#N)c[nH]1. The molecule has 4 nitrogen and oxygen atoms in total. The predicted octanol–water partition coefficient (Wildman–Crippen LogP) is 3.33. The summed E-state index contributed by atoms with van der Waals surface area (Å²) in [7, 11) is 1.83. The molecule has 23 heavy (non-hydrogen) atoms. The Morgan fingerprint density at radius 3 is 2.52 bits per heavy atom. The van der Waals surface area contributed by atoms with E-state index in [0.29, 0.717) is 17.8 Å². The van der Waals surface area contributed by atoms with Gasteiger partial charge in [0, 0.05) is 25.2 Å². The van der Waals surface area contributed by atoms with Crippen LogP contribution < -0.4 is 0 Å². The van der Waals surface area contributed by atoms with Crippen LogP contribution in [0, 0.1) is 16.7 Å². The van der Waals surface area contributed by atoms with Crippen molar-refractivity contribution in [2.45, 2.75) is 25.7 Å². The van der Waals surface area contributed by atoms with Crippen molar-refractivity contribution < 1.29 is 4.79 Å². The van der Waals surface area contributed by atoms with E-state index in [-0.39, 0.29) is 16.7 Å². The van der Waals surface area contributed by atoms with Gasteiger partial charge in [-0.25, -0.2) is 0 Å². The molecule has 1 amide bonds. The van der Waals surface area contributed by atoms with Crippen LogP contribution in [0.3, 0.4) is 0 Å². The maximum absolute atomic E-state index is 12.6. The van der Waals surface area contributed by atoms with E-state index in [1.54, 1.807) is 17.2 Å². The smallest absolute Gasteiger partial charge is 0.270 e. The Morgan fingerprint density at radius 2 is 2.00 bits per heavy atom. The summed E-state index contributed by atoms with van der Waals surface area (Å²) in [4.78, 5) is 17.3. The van der Waals surface area contributed by atoms with Crippen LogP contribution in [0.5, 0.6) is 0 Å². The number of nitrogens with zero attached hydrogens (tertiary/aromatic N) is 2. The maximum Gasteiger partial charge on any atom is 0.270 e. The molecule has 0 radical (unpaired) electrons. The van der Waals surface area contributed by atoms with Gasteiger partial charge in [-0.05, 0) is 23.5 Å².